The molecule has 6 heteroatoms. The normalized spacial score (nSPS) is 13.3. The molecule has 4 nitrogen and oxygen atoms in total. The van der Waals surface area contributed by atoms with Crippen LogP contribution in [0.5, 0.6) is 0 Å². The average molecular weight is 396 g/mol. The number of rotatable bonds is 7. The first-order chi connectivity index (χ1) is 11.0. The first-order valence-corrected chi connectivity index (χ1v) is 8.88. The SMILES string of the molecule is CCC(CNC(=O)Cc1ccc(Br)s1)(C(=O)O)c1ccccc1. The number of aliphatic carboxylic acids is 1. The van der Waals surface area contributed by atoms with Crippen LogP contribution in [0.2, 0.25) is 0 Å². The van der Waals surface area contributed by atoms with Crippen molar-refractivity contribution in [2.75, 3.05) is 6.54 Å². The molecule has 1 atom stereocenters. The van der Waals surface area contributed by atoms with Gasteiger partial charge in [-0.05, 0) is 40.0 Å². The number of halogens is 1. The Balaban J connectivity index is 2.10. The van der Waals surface area contributed by atoms with Crippen molar-refractivity contribution in [3.05, 3.63) is 56.7 Å². The van der Waals surface area contributed by atoms with Crippen LogP contribution < -0.4 is 5.32 Å². The summed E-state index contributed by atoms with van der Waals surface area (Å²) in [4.78, 5) is 24.9. The lowest BCUT2D eigenvalue weighted by Crippen LogP contribution is -2.46. The number of benzene rings is 1. The van der Waals surface area contributed by atoms with Crippen LogP contribution in [0.25, 0.3) is 0 Å². The standard InChI is InChI=1S/C17H18BrNO3S/c1-2-17(16(21)22,12-6-4-3-5-7-12)11-19-15(20)10-13-8-9-14(18)23-13/h3-9H,2,10-11H2,1H3,(H,19,20)(H,21,22). The first-order valence-electron chi connectivity index (χ1n) is 7.28. The zero-order valence-electron chi connectivity index (χ0n) is 12.7. The van der Waals surface area contributed by atoms with E-state index < -0.39 is 11.4 Å². The van der Waals surface area contributed by atoms with Crippen LogP contribution in [-0.2, 0) is 21.4 Å². The van der Waals surface area contributed by atoms with Gasteiger partial charge in [-0.1, -0.05) is 37.3 Å². The monoisotopic (exact) mass is 395 g/mol. The van der Waals surface area contributed by atoms with E-state index in [1.54, 1.807) is 12.1 Å². The fraction of sp³-hybridized carbons (Fsp3) is 0.294. The molecule has 0 spiro atoms. The molecule has 1 unspecified atom stereocenters. The van der Waals surface area contributed by atoms with Crippen LogP contribution >= 0.6 is 27.3 Å². The van der Waals surface area contributed by atoms with Gasteiger partial charge in [0.25, 0.3) is 0 Å². The second-order valence-corrected chi connectivity index (χ2v) is 7.81. The van der Waals surface area contributed by atoms with Crippen LogP contribution in [-0.4, -0.2) is 23.5 Å². The lowest BCUT2D eigenvalue weighted by atomic mass is 9.78. The van der Waals surface area contributed by atoms with Crippen molar-refractivity contribution in [1.29, 1.82) is 0 Å². The van der Waals surface area contributed by atoms with Gasteiger partial charge >= 0.3 is 5.97 Å². The summed E-state index contributed by atoms with van der Waals surface area (Å²) in [7, 11) is 0. The van der Waals surface area contributed by atoms with E-state index in [1.807, 2.05) is 37.3 Å². The largest absolute Gasteiger partial charge is 0.481 e. The summed E-state index contributed by atoms with van der Waals surface area (Å²) in [5.74, 6) is -1.10. The minimum absolute atomic E-state index is 0.0776. The second kappa shape index (κ2) is 7.75. The zero-order valence-corrected chi connectivity index (χ0v) is 15.1. The second-order valence-electron chi connectivity index (χ2n) is 5.27. The summed E-state index contributed by atoms with van der Waals surface area (Å²) in [5, 5.41) is 12.5. The van der Waals surface area contributed by atoms with E-state index in [0.29, 0.717) is 12.0 Å². The van der Waals surface area contributed by atoms with Crippen molar-refractivity contribution in [3.8, 4) is 0 Å². The predicted octanol–water partition coefficient (Wildman–Crippen LogP) is 3.60. The van der Waals surface area contributed by atoms with E-state index in [2.05, 4.69) is 21.2 Å². The number of carbonyl (C=O) groups is 2. The molecule has 2 N–H and O–H groups in total. The molecule has 1 aromatic carbocycles. The lowest BCUT2D eigenvalue weighted by Gasteiger charge is -2.29. The number of carbonyl (C=O) groups excluding carboxylic acids is 1. The Morgan fingerprint density at radius 3 is 2.43 bits per heavy atom. The lowest BCUT2D eigenvalue weighted by molar-refractivity contribution is -0.144. The molecular weight excluding hydrogens is 378 g/mol. The van der Waals surface area contributed by atoms with Crippen LogP contribution in [0.3, 0.4) is 0 Å². The Kier molecular flexibility index (Phi) is 5.96. The zero-order chi connectivity index (χ0) is 16.9. The molecule has 1 aromatic heterocycles. The smallest absolute Gasteiger partial charge is 0.315 e. The van der Waals surface area contributed by atoms with Gasteiger partial charge < -0.3 is 10.4 Å². The molecular formula is C17H18BrNO3S. The fourth-order valence-corrected chi connectivity index (χ4v) is 3.94. The van der Waals surface area contributed by atoms with E-state index in [1.165, 1.54) is 11.3 Å². The van der Waals surface area contributed by atoms with Crippen molar-refractivity contribution in [1.82, 2.24) is 5.32 Å². The third kappa shape index (κ3) is 4.20. The highest BCUT2D eigenvalue weighted by molar-refractivity contribution is 9.11. The Morgan fingerprint density at radius 2 is 1.91 bits per heavy atom. The van der Waals surface area contributed by atoms with Gasteiger partial charge in [-0.15, -0.1) is 11.3 Å². The fourth-order valence-electron chi connectivity index (χ4n) is 2.46. The molecule has 23 heavy (non-hydrogen) atoms. The van der Waals surface area contributed by atoms with Crippen LogP contribution in [0.1, 0.15) is 23.8 Å². The van der Waals surface area contributed by atoms with Crippen molar-refractivity contribution < 1.29 is 14.7 Å². The van der Waals surface area contributed by atoms with Crippen LogP contribution in [0.15, 0.2) is 46.3 Å². The third-order valence-corrected chi connectivity index (χ3v) is 5.51. The predicted molar refractivity (Wildman–Crippen MR) is 94.8 cm³/mol. The summed E-state index contributed by atoms with van der Waals surface area (Å²) in [6.07, 6.45) is 0.654. The molecule has 1 heterocycles. The summed E-state index contributed by atoms with van der Waals surface area (Å²) in [6, 6.07) is 12.8. The van der Waals surface area contributed by atoms with Crippen molar-refractivity contribution in [2.24, 2.45) is 0 Å². The number of amides is 1. The van der Waals surface area contributed by atoms with Crippen LogP contribution in [0, 0.1) is 0 Å². The maximum atomic E-state index is 12.1. The molecule has 122 valence electrons. The molecule has 2 rings (SSSR count). The number of hydrogen-bond donors (Lipinski definition) is 2. The van der Waals surface area contributed by atoms with Gasteiger partial charge in [0.05, 0.1) is 10.2 Å². The van der Waals surface area contributed by atoms with Crippen LogP contribution in [0.4, 0.5) is 0 Å². The van der Waals surface area contributed by atoms with E-state index in [4.69, 9.17) is 0 Å². The minimum Gasteiger partial charge on any atom is -0.481 e. The number of nitrogens with one attached hydrogen (secondary N) is 1. The summed E-state index contributed by atoms with van der Waals surface area (Å²) >= 11 is 4.86. The van der Waals surface area contributed by atoms with E-state index in [-0.39, 0.29) is 18.9 Å². The van der Waals surface area contributed by atoms with Gasteiger partial charge in [0.15, 0.2) is 0 Å². The summed E-state index contributed by atoms with van der Waals surface area (Å²) < 4.78 is 0.970. The maximum Gasteiger partial charge on any atom is 0.315 e. The molecule has 0 radical (unpaired) electrons. The molecule has 0 fully saturated rings. The van der Waals surface area contributed by atoms with Gasteiger partial charge in [0.2, 0.25) is 5.91 Å². The van der Waals surface area contributed by atoms with E-state index >= 15 is 0 Å². The van der Waals surface area contributed by atoms with E-state index in [9.17, 15) is 14.7 Å². The highest BCUT2D eigenvalue weighted by Gasteiger charge is 2.38. The quantitative estimate of drug-likeness (QED) is 0.752. The maximum absolute atomic E-state index is 12.1. The third-order valence-electron chi connectivity index (χ3n) is 3.89. The highest BCUT2D eigenvalue weighted by atomic mass is 79.9. The summed E-state index contributed by atoms with van der Waals surface area (Å²) in [6.45, 7) is 1.90. The molecule has 1 amide bonds. The Bertz CT molecular complexity index is 686. The van der Waals surface area contributed by atoms with Gasteiger partial charge in [-0.25, -0.2) is 0 Å². The number of hydrogen-bond acceptors (Lipinski definition) is 3. The minimum atomic E-state index is -1.10. The van der Waals surface area contributed by atoms with Gasteiger partial charge in [-0.2, -0.15) is 0 Å². The number of carboxylic acid groups (broad SMARTS) is 1. The Hall–Kier alpha value is -1.66. The van der Waals surface area contributed by atoms with Crippen molar-refractivity contribution >= 4 is 39.1 Å². The topological polar surface area (TPSA) is 66.4 Å². The molecule has 0 aliphatic carbocycles. The Labute approximate surface area is 147 Å². The highest BCUT2D eigenvalue weighted by Crippen LogP contribution is 2.28. The van der Waals surface area contributed by atoms with Crippen molar-refractivity contribution in [3.63, 3.8) is 0 Å². The molecule has 0 saturated heterocycles. The first kappa shape index (κ1) is 17.7. The number of carboxylic acids is 1. The molecule has 0 saturated carbocycles. The molecule has 2 aromatic rings. The van der Waals surface area contributed by atoms with E-state index in [0.717, 1.165) is 8.66 Å². The molecule has 0 bridgehead atoms. The van der Waals surface area contributed by atoms with Crippen molar-refractivity contribution in [2.45, 2.75) is 25.2 Å². The summed E-state index contributed by atoms with van der Waals surface area (Å²) in [5.41, 5.74) is -0.401. The van der Waals surface area contributed by atoms with Gasteiger partial charge in [0.1, 0.15) is 5.41 Å². The molecule has 0 aliphatic rings. The Morgan fingerprint density at radius 1 is 1.22 bits per heavy atom. The van der Waals surface area contributed by atoms with Gasteiger partial charge in [-0.3, -0.25) is 9.59 Å². The number of thiophene rings is 1. The molecule has 0 aliphatic heterocycles. The van der Waals surface area contributed by atoms with Gasteiger partial charge in [0, 0.05) is 11.4 Å². The average Bonchev–Trinajstić information content (AvgIpc) is 2.94.